The summed E-state index contributed by atoms with van der Waals surface area (Å²) in [5.74, 6) is -2.50. The van der Waals surface area contributed by atoms with Crippen LogP contribution in [0.3, 0.4) is 0 Å². The van der Waals surface area contributed by atoms with Crippen molar-refractivity contribution in [1.29, 1.82) is 0 Å². The van der Waals surface area contributed by atoms with Crippen LogP contribution in [0.25, 0.3) is 0 Å². The lowest BCUT2D eigenvalue weighted by Crippen LogP contribution is -2.28. The number of rotatable bonds is 9. The van der Waals surface area contributed by atoms with Gasteiger partial charge in [-0.15, -0.1) is 0 Å². The molecule has 1 aliphatic heterocycles. The van der Waals surface area contributed by atoms with Crippen LogP contribution in [-0.2, 0) is 23.9 Å². The second kappa shape index (κ2) is 12.0. The van der Waals surface area contributed by atoms with Crippen molar-refractivity contribution in [3.05, 3.63) is 57.5 Å². The zero-order chi connectivity index (χ0) is 24.7. The molecule has 1 saturated heterocycles. The van der Waals surface area contributed by atoms with E-state index in [1.165, 1.54) is 4.90 Å². The number of benzene rings is 2. The van der Waals surface area contributed by atoms with Gasteiger partial charge in [-0.3, -0.25) is 14.4 Å². The Morgan fingerprint density at radius 3 is 2.56 bits per heavy atom. The Kier molecular flexibility index (Phi) is 9.06. The van der Waals surface area contributed by atoms with Gasteiger partial charge in [0.15, 0.2) is 6.61 Å². The summed E-state index contributed by atoms with van der Waals surface area (Å²) in [4.78, 5) is 50.5. The van der Waals surface area contributed by atoms with Crippen LogP contribution in [0, 0.1) is 5.92 Å². The van der Waals surface area contributed by atoms with E-state index in [4.69, 9.17) is 21.1 Å². The summed E-state index contributed by atoms with van der Waals surface area (Å²) >= 11 is 9.26. The molecule has 1 heterocycles. The molecule has 1 aliphatic rings. The molecule has 0 radical (unpaired) electrons. The van der Waals surface area contributed by atoms with Crippen LogP contribution in [0.1, 0.15) is 36.5 Å². The van der Waals surface area contributed by atoms with Gasteiger partial charge in [0.2, 0.25) is 5.91 Å². The molecule has 180 valence electrons. The van der Waals surface area contributed by atoms with Gasteiger partial charge in [0.05, 0.1) is 23.1 Å². The molecule has 3 rings (SSSR count). The molecule has 10 heteroatoms. The molecule has 2 aromatic rings. The van der Waals surface area contributed by atoms with Crippen molar-refractivity contribution in [1.82, 2.24) is 0 Å². The lowest BCUT2D eigenvalue weighted by Gasteiger charge is -2.17. The van der Waals surface area contributed by atoms with E-state index < -0.39 is 30.4 Å². The minimum Gasteiger partial charge on any atom is -0.462 e. The monoisotopic (exact) mass is 550 g/mol. The van der Waals surface area contributed by atoms with E-state index in [1.807, 2.05) is 6.92 Å². The summed E-state index contributed by atoms with van der Waals surface area (Å²) in [6.07, 6.45) is 1.70. The average molecular weight is 552 g/mol. The highest BCUT2D eigenvalue weighted by atomic mass is 79.9. The summed E-state index contributed by atoms with van der Waals surface area (Å²) in [7, 11) is 0. The Balaban J connectivity index is 1.50. The van der Waals surface area contributed by atoms with Crippen LogP contribution in [0.2, 0.25) is 5.02 Å². The highest BCUT2D eigenvalue weighted by Gasteiger charge is 2.36. The van der Waals surface area contributed by atoms with E-state index in [-0.39, 0.29) is 18.9 Å². The fraction of sp³-hybridized carbons (Fsp3) is 0.333. The number of carbonyl (C=O) groups excluding carboxylic acids is 4. The van der Waals surface area contributed by atoms with E-state index in [0.717, 1.165) is 12.8 Å². The second-order valence-corrected chi connectivity index (χ2v) is 8.99. The zero-order valence-corrected chi connectivity index (χ0v) is 20.9. The number of halogens is 2. The average Bonchev–Trinajstić information content (AvgIpc) is 3.21. The maximum atomic E-state index is 12.5. The van der Waals surface area contributed by atoms with Crippen LogP contribution < -0.4 is 10.2 Å². The van der Waals surface area contributed by atoms with Gasteiger partial charge < -0.3 is 19.7 Å². The Bertz CT molecular complexity index is 1080. The largest absolute Gasteiger partial charge is 0.462 e. The topological polar surface area (TPSA) is 102 Å². The summed E-state index contributed by atoms with van der Waals surface area (Å²) in [5, 5.41) is 3.02. The number of amides is 2. The molecule has 0 spiro atoms. The van der Waals surface area contributed by atoms with Crippen LogP contribution in [0.15, 0.2) is 46.9 Å². The predicted molar refractivity (Wildman–Crippen MR) is 131 cm³/mol. The van der Waals surface area contributed by atoms with Crippen LogP contribution in [0.5, 0.6) is 0 Å². The molecule has 0 bridgehead atoms. The summed E-state index contributed by atoms with van der Waals surface area (Å²) < 4.78 is 11.0. The summed E-state index contributed by atoms with van der Waals surface area (Å²) in [6, 6.07) is 11.3. The molecule has 34 heavy (non-hydrogen) atoms. The number of nitrogens with one attached hydrogen (secondary N) is 1. The molecule has 1 atom stereocenters. The molecular weight excluding hydrogens is 528 g/mol. The minimum absolute atomic E-state index is 0.0242. The Hall–Kier alpha value is -2.91. The first-order valence-corrected chi connectivity index (χ1v) is 11.9. The molecule has 0 aromatic heterocycles. The summed E-state index contributed by atoms with van der Waals surface area (Å²) in [6.45, 7) is 2.02. The van der Waals surface area contributed by atoms with Gasteiger partial charge in [-0.05, 0) is 64.8 Å². The molecule has 1 fully saturated rings. The van der Waals surface area contributed by atoms with Crippen LogP contribution in [-0.4, -0.2) is 43.5 Å². The van der Waals surface area contributed by atoms with Crippen LogP contribution in [0.4, 0.5) is 11.4 Å². The standard InChI is InChI=1S/C24H24BrClN2O6/c1-2-3-10-33-23(31)15-4-7-18(8-5-15)28-13-16(11-22(28)30)24(32)34-14-21(29)27-17-6-9-19(25)20(26)12-17/h4-9,12,16H,2-3,10-11,13-14H2,1H3,(H,27,29)/t16-/m0/s1. The lowest BCUT2D eigenvalue weighted by molar-refractivity contribution is -0.151. The predicted octanol–water partition coefficient (Wildman–Crippen LogP) is 4.59. The van der Waals surface area contributed by atoms with Gasteiger partial charge in [-0.2, -0.15) is 0 Å². The van der Waals surface area contributed by atoms with E-state index in [2.05, 4.69) is 21.2 Å². The van der Waals surface area contributed by atoms with Gasteiger partial charge in [0.1, 0.15) is 0 Å². The molecule has 2 aromatic carbocycles. The van der Waals surface area contributed by atoms with Crippen molar-refractivity contribution in [3.63, 3.8) is 0 Å². The fourth-order valence-electron chi connectivity index (χ4n) is 3.31. The number of nitrogens with zero attached hydrogens (tertiary/aromatic N) is 1. The third-order valence-corrected chi connectivity index (χ3v) is 6.39. The number of unbranched alkanes of at least 4 members (excludes halogenated alkanes) is 1. The van der Waals surface area contributed by atoms with Gasteiger partial charge in [0.25, 0.3) is 5.91 Å². The lowest BCUT2D eigenvalue weighted by atomic mass is 10.1. The minimum atomic E-state index is -0.693. The third-order valence-electron chi connectivity index (χ3n) is 5.15. The molecule has 2 amide bonds. The quantitative estimate of drug-likeness (QED) is 0.361. The van der Waals surface area contributed by atoms with Crippen molar-refractivity contribution in [2.45, 2.75) is 26.2 Å². The number of anilines is 2. The molecule has 8 nitrogen and oxygen atoms in total. The smallest absolute Gasteiger partial charge is 0.338 e. The van der Waals surface area contributed by atoms with Gasteiger partial charge in [0, 0.05) is 28.8 Å². The Labute approximate surface area is 210 Å². The number of hydrogen-bond donors (Lipinski definition) is 1. The second-order valence-electron chi connectivity index (χ2n) is 7.73. The van der Waals surface area contributed by atoms with Crippen molar-refractivity contribution >= 4 is 62.7 Å². The Morgan fingerprint density at radius 2 is 1.88 bits per heavy atom. The van der Waals surface area contributed by atoms with Gasteiger partial charge in [-0.25, -0.2) is 4.79 Å². The molecule has 1 N–H and O–H groups in total. The van der Waals surface area contributed by atoms with Crippen LogP contribution >= 0.6 is 27.5 Å². The van der Waals surface area contributed by atoms with E-state index in [9.17, 15) is 19.2 Å². The fourth-order valence-corrected chi connectivity index (χ4v) is 3.74. The molecular formula is C24H24BrClN2O6. The molecule has 0 unspecified atom stereocenters. The zero-order valence-electron chi connectivity index (χ0n) is 18.5. The number of ether oxygens (including phenoxy) is 2. The Morgan fingerprint density at radius 1 is 1.15 bits per heavy atom. The first kappa shape index (κ1) is 25.7. The SMILES string of the molecule is CCCCOC(=O)c1ccc(N2C[C@@H](C(=O)OCC(=O)Nc3ccc(Br)c(Cl)c3)CC2=O)cc1. The van der Waals surface area contributed by atoms with Crippen molar-refractivity contribution in [2.24, 2.45) is 5.92 Å². The number of hydrogen-bond acceptors (Lipinski definition) is 6. The van der Waals surface area contributed by atoms with E-state index in [1.54, 1.807) is 42.5 Å². The maximum Gasteiger partial charge on any atom is 0.338 e. The van der Waals surface area contributed by atoms with Gasteiger partial charge >= 0.3 is 11.9 Å². The summed E-state index contributed by atoms with van der Waals surface area (Å²) in [5.41, 5.74) is 1.42. The van der Waals surface area contributed by atoms with E-state index in [0.29, 0.717) is 33.0 Å². The van der Waals surface area contributed by atoms with Crippen molar-refractivity contribution in [2.75, 3.05) is 30.0 Å². The van der Waals surface area contributed by atoms with E-state index >= 15 is 0 Å². The highest BCUT2D eigenvalue weighted by molar-refractivity contribution is 9.10. The highest BCUT2D eigenvalue weighted by Crippen LogP contribution is 2.27. The van der Waals surface area contributed by atoms with Crippen molar-refractivity contribution < 1.29 is 28.7 Å². The normalized spacial score (nSPS) is 15.2. The molecule has 0 aliphatic carbocycles. The third kappa shape index (κ3) is 6.80. The first-order chi connectivity index (χ1) is 16.3. The number of carbonyl (C=O) groups is 4. The molecule has 0 saturated carbocycles. The van der Waals surface area contributed by atoms with Crippen molar-refractivity contribution in [3.8, 4) is 0 Å². The first-order valence-electron chi connectivity index (χ1n) is 10.8. The number of esters is 2. The van der Waals surface area contributed by atoms with Gasteiger partial charge in [-0.1, -0.05) is 24.9 Å². The maximum absolute atomic E-state index is 12.5.